The largest absolute Gasteiger partial charge is 0.446 e. The van der Waals surface area contributed by atoms with Crippen LogP contribution in [0.3, 0.4) is 0 Å². The maximum Gasteiger partial charge on any atom is 0.446 e. The number of carbonyl (C=O) groups excluding carboxylic acids is 2. The van der Waals surface area contributed by atoms with Crippen LogP contribution in [-0.2, 0) is 17.6 Å². The molecule has 0 fully saturated rings. The third-order valence-electron chi connectivity index (χ3n) is 5.82. The zero-order valence-corrected chi connectivity index (χ0v) is 23.0. The second-order valence-corrected chi connectivity index (χ2v) is 9.70. The molecule has 0 unspecified atom stereocenters. The Bertz CT molecular complexity index is 1560. The van der Waals surface area contributed by atoms with E-state index in [1.807, 2.05) is 49.4 Å². The van der Waals surface area contributed by atoms with Gasteiger partial charge in [-0.3, -0.25) is 4.79 Å². The van der Waals surface area contributed by atoms with Crippen molar-refractivity contribution in [1.82, 2.24) is 9.97 Å². The molecule has 5 rings (SSSR count). The van der Waals surface area contributed by atoms with Crippen molar-refractivity contribution in [1.29, 1.82) is 0 Å². The molecule has 0 saturated heterocycles. The molecule has 0 radical (unpaired) electrons. The predicted molar refractivity (Wildman–Crippen MR) is 155 cm³/mol. The van der Waals surface area contributed by atoms with Crippen LogP contribution in [0.15, 0.2) is 66.9 Å². The molecule has 13 heteroatoms. The van der Waals surface area contributed by atoms with Crippen molar-refractivity contribution in [2.24, 2.45) is 0 Å². The molecule has 1 aliphatic heterocycles. The summed E-state index contributed by atoms with van der Waals surface area (Å²) in [7, 11) is 0. The first-order valence-corrected chi connectivity index (χ1v) is 12.9. The van der Waals surface area contributed by atoms with Gasteiger partial charge >= 0.3 is 12.2 Å². The van der Waals surface area contributed by atoms with Gasteiger partial charge in [0.15, 0.2) is 5.82 Å². The second kappa shape index (κ2) is 12.9. The van der Waals surface area contributed by atoms with Gasteiger partial charge in [-0.15, -0.1) is 0 Å². The van der Waals surface area contributed by atoms with Gasteiger partial charge in [0.05, 0.1) is 16.9 Å². The molecule has 2 heterocycles. The Labute approximate surface area is 243 Å². The van der Waals surface area contributed by atoms with Crippen LogP contribution in [0.5, 0.6) is 0 Å². The molecule has 2 amide bonds. The Hall–Kier alpha value is -4.35. The Morgan fingerprint density at radius 1 is 0.951 bits per heavy atom. The summed E-state index contributed by atoms with van der Waals surface area (Å²) in [5, 5.41) is 13.2. The number of carbonyl (C=O) groups is 2. The van der Waals surface area contributed by atoms with Crippen molar-refractivity contribution < 1.29 is 22.8 Å². The molecule has 8 nitrogen and oxygen atoms in total. The molecule has 1 aliphatic rings. The fraction of sp³-hybridized carbons (Fsp3) is 0.143. The molecule has 4 N–H and O–H groups in total. The molecule has 212 valence electrons. The minimum absolute atomic E-state index is 0.365. The Kier molecular flexibility index (Phi) is 9.31. The van der Waals surface area contributed by atoms with E-state index in [4.69, 9.17) is 28.0 Å². The van der Waals surface area contributed by atoms with E-state index in [2.05, 4.69) is 43.4 Å². The lowest BCUT2D eigenvalue weighted by Crippen LogP contribution is -2.21. The van der Waals surface area contributed by atoms with Crippen molar-refractivity contribution in [3.05, 3.63) is 93.6 Å². The van der Waals surface area contributed by atoms with Crippen molar-refractivity contribution in [2.45, 2.75) is 25.9 Å². The topological polar surface area (TPSA) is 108 Å². The van der Waals surface area contributed by atoms with Gasteiger partial charge < -0.3 is 21.3 Å². The number of para-hydroxylation sites is 1. The van der Waals surface area contributed by atoms with Crippen LogP contribution in [0.1, 0.15) is 16.7 Å². The lowest BCUT2D eigenvalue weighted by Gasteiger charge is -2.16. The molecule has 6 bridgehead atoms. The van der Waals surface area contributed by atoms with E-state index in [1.54, 1.807) is 12.3 Å². The van der Waals surface area contributed by atoms with Gasteiger partial charge in [0.1, 0.15) is 5.02 Å². The van der Waals surface area contributed by atoms with Gasteiger partial charge in [-0.2, -0.15) is 18.2 Å². The van der Waals surface area contributed by atoms with E-state index in [0.29, 0.717) is 39.6 Å². The number of hydrogen-bond acceptors (Lipinski definition) is 6. The monoisotopic (exact) mass is 602 g/mol. The number of anilines is 6. The molecule has 0 spiro atoms. The van der Waals surface area contributed by atoms with Crippen LogP contribution in [0.25, 0.3) is 0 Å². The lowest BCUT2D eigenvalue weighted by atomic mass is 10.0. The number of alkyl halides is 3. The van der Waals surface area contributed by atoms with Crippen molar-refractivity contribution >= 4 is 70.0 Å². The number of aldehydes is 1. The number of nitrogens with one attached hydrogen (secondary N) is 4. The first-order chi connectivity index (χ1) is 19.5. The van der Waals surface area contributed by atoms with Crippen LogP contribution in [0.2, 0.25) is 10.0 Å². The van der Waals surface area contributed by atoms with E-state index in [0.717, 1.165) is 34.5 Å². The van der Waals surface area contributed by atoms with Crippen molar-refractivity contribution in [2.75, 3.05) is 21.3 Å². The molecule has 0 atom stereocenters. The maximum absolute atomic E-state index is 12.8. The Balaban J connectivity index is 0.000000585. The molecule has 41 heavy (non-hydrogen) atoms. The second-order valence-electron chi connectivity index (χ2n) is 8.88. The molecule has 3 aromatic carbocycles. The number of benzene rings is 3. The third-order valence-corrected chi connectivity index (χ3v) is 6.41. The van der Waals surface area contributed by atoms with Crippen LogP contribution in [0.4, 0.5) is 52.5 Å². The van der Waals surface area contributed by atoms with Crippen molar-refractivity contribution in [3.63, 3.8) is 0 Å². The lowest BCUT2D eigenvalue weighted by molar-refractivity contribution is -0.156. The van der Waals surface area contributed by atoms with Crippen LogP contribution < -0.4 is 21.3 Å². The number of halogens is 5. The predicted octanol–water partition coefficient (Wildman–Crippen LogP) is 8.07. The first-order valence-electron chi connectivity index (χ1n) is 12.2. The minimum atomic E-state index is -4.64. The third kappa shape index (κ3) is 8.32. The number of aryl methyl sites for hydroxylation is 3. The highest BCUT2D eigenvalue weighted by Gasteiger charge is 2.25. The Morgan fingerprint density at radius 2 is 1.68 bits per heavy atom. The highest BCUT2D eigenvalue weighted by molar-refractivity contribution is 6.34. The van der Waals surface area contributed by atoms with E-state index < -0.39 is 12.5 Å². The fourth-order valence-corrected chi connectivity index (χ4v) is 4.33. The highest BCUT2D eigenvalue weighted by atomic mass is 35.5. The number of rotatable bonds is 2. The molecular weight excluding hydrogens is 580 g/mol. The smallest absolute Gasteiger partial charge is 0.339 e. The summed E-state index contributed by atoms with van der Waals surface area (Å²) in [5.74, 6) is 0.927. The molecule has 0 saturated carbocycles. The number of fused-ring (bicyclic) bond motifs is 6. The Morgan fingerprint density at radius 3 is 2.41 bits per heavy atom. The summed E-state index contributed by atoms with van der Waals surface area (Å²) in [5.41, 5.74) is 5.96. The van der Waals surface area contributed by atoms with Gasteiger partial charge in [0.2, 0.25) is 12.2 Å². The molecular formula is C28H23Cl2F3N6O2. The summed E-state index contributed by atoms with van der Waals surface area (Å²) < 4.78 is 31.2. The van der Waals surface area contributed by atoms with E-state index in [9.17, 15) is 18.0 Å². The summed E-state index contributed by atoms with van der Waals surface area (Å²) in [6.07, 6.45) is -2.66. The highest BCUT2D eigenvalue weighted by Crippen LogP contribution is 2.30. The summed E-state index contributed by atoms with van der Waals surface area (Å²) in [6, 6.07) is 18.9. The van der Waals surface area contributed by atoms with Crippen LogP contribution >= 0.6 is 23.2 Å². The van der Waals surface area contributed by atoms with Gasteiger partial charge in [-0.25, -0.2) is 9.78 Å². The number of urea groups is 1. The minimum Gasteiger partial charge on any atom is -0.339 e. The summed E-state index contributed by atoms with van der Waals surface area (Å²) >= 11 is 12.6. The van der Waals surface area contributed by atoms with Gasteiger partial charge in [0, 0.05) is 17.1 Å². The number of amides is 2. The van der Waals surface area contributed by atoms with E-state index in [1.165, 1.54) is 0 Å². The fourth-order valence-electron chi connectivity index (χ4n) is 3.92. The molecule has 4 aromatic rings. The number of hydrogen-bond donors (Lipinski definition) is 4. The zero-order chi connectivity index (χ0) is 29.6. The maximum atomic E-state index is 12.8. The summed E-state index contributed by atoms with van der Waals surface area (Å²) in [6.45, 7) is 1.90. The van der Waals surface area contributed by atoms with Gasteiger partial charge in [0.25, 0.3) is 0 Å². The van der Waals surface area contributed by atoms with E-state index in [-0.39, 0.29) is 6.03 Å². The molecule has 0 aliphatic carbocycles. The first kappa shape index (κ1) is 29.6. The van der Waals surface area contributed by atoms with Crippen molar-refractivity contribution in [3.8, 4) is 0 Å². The van der Waals surface area contributed by atoms with Crippen LogP contribution in [0, 0.1) is 6.92 Å². The van der Waals surface area contributed by atoms with E-state index >= 15 is 0 Å². The van der Waals surface area contributed by atoms with Crippen LogP contribution in [-0.4, -0.2) is 28.5 Å². The van der Waals surface area contributed by atoms with Gasteiger partial charge in [-0.05, 0) is 72.9 Å². The summed E-state index contributed by atoms with van der Waals surface area (Å²) in [4.78, 5) is 30.3. The SMILES string of the molecule is Cc1cccc(Cl)c1NC(=O)Nc1ccc2cc1CCc1cccc(c1)Nc1ncc(Cl)c(n1)N2.O=CC(F)(F)F. The molecule has 1 aromatic heterocycles. The van der Waals surface area contributed by atoms with Gasteiger partial charge in [-0.1, -0.05) is 47.5 Å². The number of aromatic nitrogens is 2. The normalized spacial score (nSPS) is 12.0. The number of nitrogens with zero attached hydrogens (tertiary/aromatic N) is 2. The zero-order valence-electron chi connectivity index (χ0n) is 21.4. The quantitative estimate of drug-likeness (QED) is 0.173. The standard InChI is InChI=1S/C26H22Cl2N6O.C2HF3O/c1-15-4-2-7-20(27)23(15)33-26(35)32-22-11-10-19-13-17(22)9-8-16-5-3-6-18(12-16)31-25-29-14-21(28)24(30-19)34-25;3-2(4,5)1-6/h2-7,10-14H,8-9H2,1H3,(H2,32,33,35)(H2,29,30,31,34);1H. The average molecular weight is 603 g/mol. The average Bonchev–Trinajstić information content (AvgIpc) is 2.93.